The highest BCUT2D eigenvalue weighted by atomic mass is 16.6. The number of hydrogen-bond acceptors (Lipinski definition) is 2. The third-order valence-electron chi connectivity index (χ3n) is 2.44. The first-order chi connectivity index (χ1) is 4.88. The standard InChI is InChI=1S/C8H14O2/c1-6-5-10-7-3-2-4-9-8(6)7/h6-8H,2-5H2,1H3/t6-,7+,8+/m0/s1. The molecular formula is C8H14O2. The average Bonchev–Trinajstić information content (AvgIpc) is 2.34. The Labute approximate surface area is 61.5 Å². The van der Waals surface area contributed by atoms with E-state index in [-0.39, 0.29) is 0 Å². The van der Waals surface area contributed by atoms with Gasteiger partial charge < -0.3 is 9.47 Å². The van der Waals surface area contributed by atoms with Crippen molar-refractivity contribution >= 4 is 0 Å². The summed E-state index contributed by atoms with van der Waals surface area (Å²) in [6.07, 6.45) is 3.21. The fourth-order valence-corrected chi connectivity index (χ4v) is 1.85. The third-order valence-corrected chi connectivity index (χ3v) is 2.44. The molecule has 0 aromatic heterocycles. The molecule has 0 spiro atoms. The van der Waals surface area contributed by atoms with Crippen LogP contribution in [-0.4, -0.2) is 25.4 Å². The Bertz CT molecular complexity index is 122. The number of fused-ring (bicyclic) bond motifs is 1. The summed E-state index contributed by atoms with van der Waals surface area (Å²) >= 11 is 0. The normalized spacial score (nSPS) is 47.1. The van der Waals surface area contributed by atoms with Crippen LogP contribution in [0.3, 0.4) is 0 Å². The van der Waals surface area contributed by atoms with Crippen LogP contribution in [0, 0.1) is 5.92 Å². The van der Waals surface area contributed by atoms with Crippen molar-refractivity contribution < 1.29 is 9.47 Å². The number of rotatable bonds is 0. The molecule has 0 radical (unpaired) electrons. The molecule has 0 aromatic rings. The van der Waals surface area contributed by atoms with Gasteiger partial charge in [-0.25, -0.2) is 0 Å². The molecule has 2 nitrogen and oxygen atoms in total. The van der Waals surface area contributed by atoms with Crippen molar-refractivity contribution in [2.24, 2.45) is 5.92 Å². The lowest BCUT2D eigenvalue weighted by Crippen LogP contribution is -2.33. The van der Waals surface area contributed by atoms with Gasteiger partial charge in [0.15, 0.2) is 0 Å². The molecule has 0 amide bonds. The second kappa shape index (κ2) is 2.51. The Morgan fingerprint density at radius 3 is 3.00 bits per heavy atom. The van der Waals surface area contributed by atoms with Gasteiger partial charge >= 0.3 is 0 Å². The smallest absolute Gasteiger partial charge is 0.0884 e. The average molecular weight is 142 g/mol. The summed E-state index contributed by atoms with van der Waals surface area (Å²) in [6.45, 7) is 4.04. The van der Waals surface area contributed by atoms with Crippen molar-refractivity contribution in [3.63, 3.8) is 0 Å². The van der Waals surface area contributed by atoms with E-state index in [1.807, 2.05) is 0 Å². The van der Waals surface area contributed by atoms with Crippen LogP contribution < -0.4 is 0 Å². The summed E-state index contributed by atoms with van der Waals surface area (Å²) in [6, 6.07) is 0. The Balaban J connectivity index is 2.01. The highest BCUT2D eigenvalue weighted by Gasteiger charge is 2.36. The maximum atomic E-state index is 5.59. The van der Waals surface area contributed by atoms with Gasteiger partial charge in [0.1, 0.15) is 0 Å². The summed E-state index contributed by atoms with van der Waals surface area (Å²) in [4.78, 5) is 0. The van der Waals surface area contributed by atoms with E-state index in [0.717, 1.165) is 13.2 Å². The van der Waals surface area contributed by atoms with Crippen LogP contribution in [0.15, 0.2) is 0 Å². The minimum Gasteiger partial charge on any atom is -0.375 e. The van der Waals surface area contributed by atoms with E-state index in [1.54, 1.807) is 0 Å². The van der Waals surface area contributed by atoms with Crippen LogP contribution in [0.2, 0.25) is 0 Å². The van der Waals surface area contributed by atoms with Gasteiger partial charge in [-0.2, -0.15) is 0 Å². The molecule has 0 saturated carbocycles. The van der Waals surface area contributed by atoms with Crippen LogP contribution in [0.25, 0.3) is 0 Å². The first-order valence-electron chi connectivity index (χ1n) is 4.11. The summed E-state index contributed by atoms with van der Waals surface area (Å²) in [5.41, 5.74) is 0. The van der Waals surface area contributed by atoms with Gasteiger partial charge in [-0.15, -0.1) is 0 Å². The summed E-state index contributed by atoms with van der Waals surface area (Å²) < 4.78 is 11.1. The predicted molar refractivity (Wildman–Crippen MR) is 37.9 cm³/mol. The van der Waals surface area contributed by atoms with E-state index in [0.29, 0.717) is 18.1 Å². The van der Waals surface area contributed by atoms with Crippen LogP contribution in [0.4, 0.5) is 0 Å². The molecule has 0 bridgehead atoms. The molecule has 2 rings (SSSR count). The lowest BCUT2D eigenvalue weighted by molar-refractivity contribution is -0.0539. The Kier molecular flexibility index (Phi) is 1.66. The zero-order chi connectivity index (χ0) is 6.97. The van der Waals surface area contributed by atoms with Gasteiger partial charge in [0, 0.05) is 12.5 Å². The highest BCUT2D eigenvalue weighted by molar-refractivity contribution is 4.84. The van der Waals surface area contributed by atoms with Crippen molar-refractivity contribution in [3.8, 4) is 0 Å². The Morgan fingerprint density at radius 1 is 1.30 bits per heavy atom. The molecule has 2 aliphatic heterocycles. The predicted octanol–water partition coefficient (Wildman–Crippen LogP) is 1.20. The number of ether oxygens (including phenoxy) is 2. The van der Waals surface area contributed by atoms with Gasteiger partial charge in [0.2, 0.25) is 0 Å². The largest absolute Gasteiger partial charge is 0.375 e. The summed E-state index contributed by atoms with van der Waals surface area (Å²) in [7, 11) is 0. The molecule has 58 valence electrons. The molecule has 3 atom stereocenters. The highest BCUT2D eigenvalue weighted by Crippen LogP contribution is 2.29. The van der Waals surface area contributed by atoms with Crippen molar-refractivity contribution in [2.75, 3.05) is 13.2 Å². The van der Waals surface area contributed by atoms with Crippen molar-refractivity contribution in [1.82, 2.24) is 0 Å². The lowest BCUT2D eigenvalue weighted by atomic mass is 9.99. The van der Waals surface area contributed by atoms with E-state index < -0.39 is 0 Å². The first-order valence-corrected chi connectivity index (χ1v) is 4.11. The Morgan fingerprint density at radius 2 is 2.20 bits per heavy atom. The fourth-order valence-electron chi connectivity index (χ4n) is 1.85. The molecule has 0 aromatic carbocycles. The maximum Gasteiger partial charge on any atom is 0.0884 e. The minimum atomic E-state index is 0.411. The topological polar surface area (TPSA) is 18.5 Å². The maximum absolute atomic E-state index is 5.59. The second-order valence-corrected chi connectivity index (χ2v) is 3.33. The lowest BCUT2D eigenvalue weighted by Gasteiger charge is -2.26. The molecule has 0 N–H and O–H groups in total. The monoisotopic (exact) mass is 142 g/mol. The van der Waals surface area contributed by atoms with Gasteiger partial charge in [0.25, 0.3) is 0 Å². The molecule has 0 unspecified atom stereocenters. The molecule has 2 saturated heterocycles. The molecular weight excluding hydrogens is 128 g/mol. The second-order valence-electron chi connectivity index (χ2n) is 3.33. The molecule has 10 heavy (non-hydrogen) atoms. The Hall–Kier alpha value is -0.0800. The van der Waals surface area contributed by atoms with Gasteiger partial charge in [-0.1, -0.05) is 6.92 Å². The van der Waals surface area contributed by atoms with Crippen molar-refractivity contribution in [1.29, 1.82) is 0 Å². The minimum absolute atomic E-state index is 0.411. The van der Waals surface area contributed by atoms with Crippen LogP contribution in [-0.2, 0) is 9.47 Å². The van der Waals surface area contributed by atoms with E-state index in [9.17, 15) is 0 Å². The summed E-state index contributed by atoms with van der Waals surface area (Å²) in [5.74, 6) is 0.616. The van der Waals surface area contributed by atoms with Crippen LogP contribution >= 0.6 is 0 Å². The van der Waals surface area contributed by atoms with Crippen LogP contribution in [0.1, 0.15) is 19.8 Å². The zero-order valence-corrected chi connectivity index (χ0v) is 6.38. The summed E-state index contributed by atoms with van der Waals surface area (Å²) in [5, 5.41) is 0. The first kappa shape index (κ1) is 6.62. The van der Waals surface area contributed by atoms with Crippen molar-refractivity contribution in [2.45, 2.75) is 32.0 Å². The van der Waals surface area contributed by atoms with Gasteiger partial charge in [0.05, 0.1) is 18.8 Å². The molecule has 2 heterocycles. The van der Waals surface area contributed by atoms with E-state index >= 15 is 0 Å². The zero-order valence-electron chi connectivity index (χ0n) is 6.38. The molecule has 0 aliphatic carbocycles. The molecule has 2 aliphatic rings. The van der Waals surface area contributed by atoms with E-state index in [1.165, 1.54) is 12.8 Å². The number of hydrogen-bond donors (Lipinski definition) is 0. The molecule has 2 fully saturated rings. The van der Waals surface area contributed by atoms with E-state index in [2.05, 4.69) is 6.92 Å². The molecule has 2 heteroatoms. The van der Waals surface area contributed by atoms with E-state index in [4.69, 9.17) is 9.47 Å². The fraction of sp³-hybridized carbons (Fsp3) is 1.00. The van der Waals surface area contributed by atoms with Crippen LogP contribution in [0.5, 0.6) is 0 Å². The quantitative estimate of drug-likeness (QED) is 0.506. The SMILES string of the molecule is C[C@H]1CO[C@@H]2CCCO[C@H]12. The van der Waals surface area contributed by atoms with Gasteiger partial charge in [-0.05, 0) is 12.8 Å². The van der Waals surface area contributed by atoms with Crippen molar-refractivity contribution in [3.05, 3.63) is 0 Å². The van der Waals surface area contributed by atoms with Gasteiger partial charge in [-0.3, -0.25) is 0 Å². The third kappa shape index (κ3) is 0.956.